The lowest BCUT2D eigenvalue weighted by Gasteiger charge is -2.09. The maximum Gasteiger partial charge on any atom is 0.161 e. The number of pyridine rings is 1. The Kier molecular flexibility index (Phi) is 5.78. The fraction of sp³-hybridized carbons (Fsp3) is 0.278. The number of ketones is 1. The van der Waals surface area contributed by atoms with E-state index in [2.05, 4.69) is 11.1 Å². The Balaban J connectivity index is 1.99. The number of thioether (sulfide) groups is 1. The zero-order valence-electron chi connectivity index (χ0n) is 13.4. The van der Waals surface area contributed by atoms with Gasteiger partial charge in [-0.15, -0.1) is 11.8 Å². The molecule has 0 N–H and O–H groups in total. The van der Waals surface area contributed by atoms with Crippen molar-refractivity contribution in [3.8, 4) is 11.8 Å². The first-order valence-electron chi connectivity index (χ1n) is 7.26. The maximum absolute atomic E-state index is 11.5. The van der Waals surface area contributed by atoms with E-state index < -0.39 is 0 Å². The molecule has 0 unspecified atom stereocenters. The van der Waals surface area contributed by atoms with Crippen LogP contribution >= 0.6 is 11.8 Å². The summed E-state index contributed by atoms with van der Waals surface area (Å²) in [6.45, 7) is 5.80. The average molecular weight is 326 g/mol. The van der Waals surface area contributed by atoms with Crippen LogP contribution in [0.4, 0.5) is 0 Å². The molecular formula is C18H18N2O2S. The summed E-state index contributed by atoms with van der Waals surface area (Å²) in [5, 5.41) is 9.88. The van der Waals surface area contributed by atoms with E-state index in [1.165, 1.54) is 18.7 Å². The molecule has 1 aromatic carbocycles. The molecule has 0 saturated carbocycles. The Labute approximate surface area is 140 Å². The SMILES string of the molecule is CC(=O)c1cc(C#N)c(SCCOc2cccc(C)c2)nc1C. The van der Waals surface area contributed by atoms with Gasteiger partial charge in [-0.25, -0.2) is 4.98 Å². The van der Waals surface area contributed by atoms with Crippen LogP contribution in [0.25, 0.3) is 0 Å². The standard InChI is InChI=1S/C18H18N2O2S/c1-12-5-4-6-16(9-12)22-7-8-23-18-15(11-19)10-17(14(3)21)13(2)20-18/h4-6,9-10H,7-8H2,1-3H3. The molecule has 1 aromatic heterocycles. The molecule has 0 amide bonds. The Morgan fingerprint density at radius 1 is 1.35 bits per heavy atom. The van der Waals surface area contributed by atoms with E-state index in [9.17, 15) is 10.1 Å². The Bertz CT molecular complexity index is 766. The van der Waals surface area contributed by atoms with Crippen LogP contribution in [-0.2, 0) is 0 Å². The monoisotopic (exact) mass is 326 g/mol. The number of aromatic nitrogens is 1. The van der Waals surface area contributed by atoms with Crippen LogP contribution in [0.5, 0.6) is 5.75 Å². The number of hydrogen-bond acceptors (Lipinski definition) is 5. The van der Waals surface area contributed by atoms with Gasteiger partial charge in [0.25, 0.3) is 0 Å². The van der Waals surface area contributed by atoms with E-state index in [4.69, 9.17) is 4.74 Å². The first-order valence-corrected chi connectivity index (χ1v) is 8.24. The van der Waals surface area contributed by atoms with Crippen LogP contribution in [-0.4, -0.2) is 23.1 Å². The van der Waals surface area contributed by atoms with Crippen LogP contribution in [0.15, 0.2) is 35.4 Å². The number of benzene rings is 1. The predicted molar refractivity (Wildman–Crippen MR) is 91.1 cm³/mol. The van der Waals surface area contributed by atoms with Crippen molar-refractivity contribution in [1.29, 1.82) is 5.26 Å². The highest BCUT2D eigenvalue weighted by molar-refractivity contribution is 7.99. The van der Waals surface area contributed by atoms with Gasteiger partial charge in [-0.2, -0.15) is 5.26 Å². The minimum absolute atomic E-state index is 0.0779. The quantitative estimate of drug-likeness (QED) is 0.457. The third-order valence-electron chi connectivity index (χ3n) is 3.26. The van der Waals surface area contributed by atoms with Gasteiger partial charge in [0.15, 0.2) is 5.78 Å². The van der Waals surface area contributed by atoms with Crippen molar-refractivity contribution in [3.05, 3.63) is 52.7 Å². The molecule has 4 nitrogen and oxygen atoms in total. The van der Waals surface area contributed by atoms with E-state index in [-0.39, 0.29) is 5.78 Å². The molecule has 23 heavy (non-hydrogen) atoms. The number of hydrogen-bond donors (Lipinski definition) is 0. The lowest BCUT2D eigenvalue weighted by Crippen LogP contribution is -2.04. The van der Waals surface area contributed by atoms with Crippen LogP contribution in [0, 0.1) is 25.2 Å². The summed E-state index contributed by atoms with van der Waals surface area (Å²) >= 11 is 1.46. The van der Waals surface area contributed by atoms with E-state index in [0.717, 1.165) is 11.3 Å². The summed E-state index contributed by atoms with van der Waals surface area (Å²) < 4.78 is 5.69. The number of ether oxygens (including phenoxy) is 1. The predicted octanol–water partition coefficient (Wildman–Crippen LogP) is 3.94. The van der Waals surface area contributed by atoms with Crippen LogP contribution < -0.4 is 4.74 Å². The van der Waals surface area contributed by atoms with E-state index in [1.807, 2.05) is 31.2 Å². The molecule has 2 rings (SSSR count). The second-order valence-corrected chi connectivity index (χ2v) is 6.24. The highest BCUT2D eigenvalue weighted by Crippen LogP contribution is 2.23. The fourth-order valence-corrected chi connectivity index (χ4v) is 2.95. The lowest BCUT2D eigenvalue weighted by atomic mass is 10.1. The topological polar surface area (TPSA) is 63.0 Å². The van der Waals surface area contributed by atoms with Gasteiger partial charge in [-0.05, 0) is 44.5 Å². The van der Waals surface area contributed by atoms with Gasteiger partial charge in [0.1, 0.15) is 16.8 Å². The number of aryl methyl sites for hydroxylation is 2. The van der Waals surface area contributed by atoms with Crippen molar-refractivity contribution in [2.24, 2.45) is 0 Å². The van der Waals surface area contributed by atoms with Crippen molar-refractivity contribution >= 4 is 17.5 Å². The molecule has 1 heterocycles. The van der Waals surface area contributed by atoms with Gasteiger partial charge >= 0.3 is 0 Å². The molecule has 0 aliphatic rings. The molecule has 0 radical (unpaired) electrons. The van der Waals surface area contributed by atoms with Gasteiger partial charge in [0.2, 0.25) is 0 Å². The molecule has 0 atom stereocenters. The van der Waals surface area contributed by atoms with E-state index >= 15 is 0 Å². The molecule has 0 bridgehead atoms. The normalized spacial score (nSPS) is 10.2. The second kappa shape index (κ2) is 7.80. The molecule has 0 aliphatic carbocycles. The van der Waals surface area contributed by atoms with Crippen molar-refractivity contribution in [2.75, 3.05) is 12.4 Å². The summed E-state index contributed by atoms with van der Waals surface area (Å²) in [6.07, 6.45) is 0. The van der Waals surface area contributed by atoms with Crippen molar-refractivity contribution in [1.82, 2.24) is 4.98 Å². The number of rotatable bonds is 6. The van der Waals surface area contributed by atoms with Gasteiger partial charge in [-0.3, -0.25) is 4.79 Å². The van der Waals surface area contributed by atoms with Crippen molar-refractivity contribution < 1.29 is 9.53 Å². The minimum Gasteiger partial charge on any atom is -0.493 e. The average Bonchev–Trinajstić information content (AvgIpc) is 2.51. The zero-order valence-corrected chi connectivity index (χ0v) is 14.2. The highest BCUT2D eigenvalue weighted by atomic mass is 32.2. The summed E-state index contributed by atoms with van der Waals surface area (Å²) in [4.78, 5) is 15.9. The van der Waals surface area contributed by atoms with Crippen LogP contribution in [0.3, 0.4) is 0 Å². The van der Waals surface area contributed by atoms with Crippen LogP contribution in [0.2, 0.25) is 0 Å². The molecule has 0 aliphatic heterocycles. The smallest absolute Gasteiger partial charge is 0.161 e. The molecule has 118 valence electrons. The van der Waals surface area contributed by atoms with Crippen LogP contribution in [0.1, 0.15) is 34.1 Å². The molecular weight excluding hydrogens is 308 g/mol. The van der Waals surface area contributed by atoms with E-state index in [1.54, 1.807) is 13.0 Å². The molecule has 0 fully saturated rings. The zero-order chi connectivity index (χ0) is 16.8. The number of carbonyl (C=O) groups excluding carboxylic acids is 1. The second-order valence-electron chi connectivity index (χ2n) is 5.16. The van der Waals surface area contributed by atoms with Crippen molar-refractivity contribution in [2.45, 2.75) is 25.8 Å². The first kappa shape index (κ1) is 17.0. The van der Waals surface area contributed by atoms with Gasteiger partial charge in [0.05, 0.1) is 12.2 Å². The summed E-state index contributed by atoms with van der Waals surface area (Å²) in [7, 11) is 0. The van der Waals surface area contributed by atoms with Gasteiger partial charge in [-0.1, -0.05) is 12.1 Å². The highest BCUT2D eigenvalue weighted by Gasteiger charge is 2.12. The number of Topliss-reactive ketones (excluding diaryl/α,β-unsaturated/α-hetero) is 1. The minimum atomic E-state index is -0.0779. The first-order chi connectivity index (χ1) is 11.0. The Morgan fingerprint density at radius 2 is 2.13 bits per heavy atom. The third kappa shape index (κ3) is 4.57. The Morgan fingerprint density at radius 3 is 2.78 bits per heavy atom. The maximum atomic E-state index is 11.5. The molecule has 5 heteroatoms. The summed E-state index contributed by atoms with van der Waals surface area (Å²) in [5.74, 6) is 1.43. The largest absolute Gasteiger partial charge is 0.493 e. The molecule has 0 spiro atoms. The third-order valence-corrected chi connectivity index (χ3v) is 4.21. The number of carbonyl (C=O) groups is 1. The summed E-state index contributed by atoms with van der Waals surface area (Å²) in [5.41, 5.74) is 2.74. The number of nitrogens with zero attached hydrogens (tertiary/aromatic N) is 2. The lowest BCUT2D eigenvalue weighted by molar-refractivity contribution is 0.101. The fourth-order valence-electron chi connectivity index (χ4n) is 2.13. The van der Waals surface area contributed by atoms with Crippen molar-refractivity contribution in [3.63, 3.8) is 0 Å². The van der Waals surface area contributed by atoms with E-state index in [0.29, 0.717) is 34.2 Å². The van der Waals surface area contributed by atoms with Gasteiger partial charge < -0.3 is 4.74 Å². The summed E-state index contributed by atoms with van der Waals surface area (Å²) in [6, 6.07) is 11.6. The Hall–Kier alpha value is -2.32. The van der Waals surface area contributed by atoms with Gasteiger partial charge in [0, 0.05) is 17.0 Å². The molecule has 0 saturated heterocycles. The molecule has 2 aromatic rings. The number of nitriles is 1.